The van der Waals surface area contributed by atoms with Crippen molar-refractivity contribution in [2.75, 3.05) is 0 Å². The summed E-state index contributed by atoms with van der Waals surface area (Å²) < 4.78 is 7.10. The Balaban J connectivity index is 1.82. The first-order valence-electron chi connectivity index (χ1n) is 9.80. The predicted molar refractivity (Wildman–Crippen MR) is 118 cm³/mol. The number of aryl methyl sites for hydroxylation is 1. The van der Waals surface area contributed by atoms with Gasteiger partial charge in [-0.15, -0.1) is 0 Å². The Hall–Kier alpha value is -4.11. The Bertz CT molecular complexity index is 1170. The summed E-state index contributed by atoms with van der Waals surface area (Å²) in [7, 11) is 0. The van der Waals surface area contributed by atoms with Gasteiger partial charge in [-0.2, -0.15) is 5.26 Å². The standard InChI is InChI=1S/C25H23N3O3/c1-17-13-21(14-22(15-26)25(30)27-16-20-7-5-4-6-8-20)18(2)28(17)23-9-11-24(12-10-23)31-19(3)29/h4-14H,16H2,1-3H3,(H,27,30)/b22-14-. The van der Waals surface area contributed by atoms with Crippen LogP contribution in [0.4, 0.5) is 0 Å². The summed E-state index contributed by atoms with van der Waals surface area (Å²) in [5.74, 6) is -0.314. The number of carbonyl (C=O) groups is 2. The number of esters is 1. The topological polar surface area (TPSA) is 84.1 Å². The minimum Gasteiger partial charge on any atom is -0.427 e. The van der Waals surface area contributed by atoms with E-state index in [2.05, 4.69) is 5.32 Å². The highest BCUT2D eigenvalue weighted by molar-refractivity contribution is 6.01. The molecule has 6 nitrogen and oxygen atoms in total. The molecule has 0 spiro atoms. The highest BCUT2D eigenvalue weighted by atomic mass is 16.5. The molecule has 1 amide bonds. The lowest BCUT2D eigenvalue weighted by Crippen LogP contribution is -2.23. The molecule has 1 heterocycles. The van der Waals surface area contributed by atoms with Crippen LogP contribution in [0.2, 0.25) is 0 Å². The van der Waals surface area contributed by atoms with E-state index in [1.54, 1.807) is 18.2 Å². The number of nitrogens with zero attached hydrogens (tertiary/aromatic N) is 2. The van der Waals surface area contributed by atoms with Gasteiger partial charge < -0.3 is 14.6 Å². The summed E-state index contributed by atoms with van der Waals surface area (Å²) in [6.07, 6.45) is 1.60. The maximum Gasteiger partial charge on any atom is 0.308 e. The van der Waals surface area contributed by atoms with E-state index in [4.69, 9.17) is 4.74 Å². The fourth-order valence-corrected chi connectivity index (χ4v) is 3.34. The minimum absolute atomic E-state index is 0.0430. The first-order chi connectivity index (χ1) is 14.9. The van der Waals surface area contributed by atoms with Crippen LogP contribution >= 0.6 is 0 Å². The van der Waals surface area contributed by atoms with Crippen molar-refractivity contribution in [3.63, 3.8) is 0 Å². The van der Waals surface area contributed by atoms with Gasteiger partial charge in [0.05, 0.1) is 0 Å². The highest BCUT2D eigenvalue weighted by Gasteiger charge is 2.14. The molecule has 0 atom stereocenters. The molecule has 0 radical (unpaired) electrons. The SMILES string of the molecule is CC(=O)Oc1ccc(-n2c(C)cc(/C=C(/C#N)C(=O)NCc3ccccc3)c2C)cc1. The number of aromatic nitrogens is 1. The molecule has 156 valence electrons. The summed E-state index contributed by atoms with van der Waals surface area (Å²) in [6.45, 7) is 5.59. The van der Waals surface area contributed by atoms with Crippen LogP contribution in [0.25, 0.3) is 11.8 Å². The van der Waals surface area contributed by atoms with Gasteiger partial charge in [-0.3, -0.25) is 9.59 Å². The normalized spacial score (nSPS) is 11.0. The number of ether oxygens (including phenoxy) is 1. The van der Waals surface area contributed by atoms with Crippen LogP contribution < -0.4 is 10.1 Å². The number of nitrogens with one attached hydrogen (secondary N) is 1. The lowest BCUT2D eigenvalue weighted by atomic mass is 10.1. The van der Waals surface area contributed by atoms with Crippen LogP contribution in [-0.2, 0) is 16.1 Å². The number of hydrogen-bond donors (Lipinski definition) is 1. The minimum atomic E-state index is -0.415. The largest absolute Gasteiger partial charge is 0.427 e. The molecular weight excluding hydrogens is 390 g/mol. The number of benzene rings is 2. The summed E-state index contributed by atoms with van der Waals surface area (Å²) in [5.41, 5.74) is 4.52. The van der Waals surface area contributed by atoms with Gasteiger partial charge in [0, 0.05) is 30.5 Å². The Labute approximate surface area is 181 Å². The zero-order valence-electron chi connectivity index (χ0n) is 17.7. The number of amides is 1. The summed E-state index contributed by atoms with van der Waals surface area (Å²) in [5, 5.41) is 12.3. The number of carbonyl (C=O) groups excluding carboxylic acids is 2. The third-order valence-corrected chi connectivity index (χ3v) is 4.79. The van der Waals surface area contributed by atoms with E-state index in [0.717, 1.165) is 28.2 Å². The second-order valence-corrected chi connectivity index (χ2v) is 7.09. The second kappa shape index (κ2) is 9.59. The smallest absolute Gasteiger partial charge is 0.308 e. The van der Waals surface area contributed by atoms with E-state index >= 15 is 0 Å². The van der Waals surface area contributed by atoms with Gasteiger partial charge in [0.1, 0.15) is 17.4 Å². The molecule has 0 aliphatic heterocycles. The fraction of sp³-hybridized carbons (Fsp3) is 0.160. The third kappa shape index (κ3) is 5.28. The van der Waals surface area contributed by atoms with Gasteiger partial charge >= 0.3 is 5.97 Å². The zero-order valence-corrected chi connectivity index (χ0v) is 17.7. The van der Waals surface area contributed by atoms with Crippen molar-refractivity contribution in [2.24, 2.45) is 0 Å². The van der Waals surface area contributed by atoms with Crippen molar-refractivity contribution in [1.82, 2.24) is 9.88 Å². The lowest BCUT2D eigenvalue weighted by molar-refractivity contribution is -0.131. The van der Waals surface area contributed by atoms with E-state index in [1.807, 2.05) is 73.0 Å². The molecule has 6 heteroatoms. The zero-order chi connectivity index (χ0) is 22.4. The van der Waals surface area contributed by atoms with Gasteiger partial charge in [0.25, 0.3) is 5.91 Å². The van der Waals surface area contributed by atoms with Crippen molar-refractivity contribution in [3.05, 3.63) is 88.8 Å². The van der Waals surface area contributed by atoms with Crippen LogP contribution in [0.1, 0.15) is 29.4 Å². The average Bonchev–Trinajstić information content (AvgIpc) is 3.04. The highest BCUT2D eigenvalue weighted by Crippen LogP contribution is 2.24. The van der Waals surface area contributed by atoms with Gasteiger partial charge in [-0.1, -0.05) is 30.3 Å². The van der Waals surface area contributed by atoms with E-state index < -0.39 is 5.91 Å². The monoisotopic (exact) mass is 413 g/mol. The van der Waals surface area contributed by atoms with E-state index in [0.29, 0.717) is 12.3 Å². The maximum absolute atomic E-state index is 12.5. The van der Waals surface area contributed by atoms with Crippen molar-refractivity contribution in [2.45, 2.75) is 27.3 Å². The van der Waals surface area contributed by atoms with Crippen molar-refractivity contribution in [3.8, 4) is 17.5 Å². The first-order valence-corrected chi connectivity index (χ1v) is 9.80. The number of hydrogen-bond acceptors (Lipinski definition) is 4. The van der Waals surface area contributed by atoms with Crippen molar-refractivity contribution >= 4 is 18.0 Å². The van der Waals surface area contributed by atoms with E-state index in [1.165, 1.54) is 6.92 Å². The molecular formula is C25H23N3O3. The first kappa shape index (κ1) is 21.6. The van der Waals surface area contributed by atoms with Crippen LogP contribution in [0.15, 0.2) is 66.2 Å². The second-order valence-electron chi connectivity index (χ2n) is 7.09. The Morgan fingerprint density at radius 2 is 1.77 bits per heavy atom. The number of rotatable bonds is 6. The van der Waals surface area contributed by atoms with Crippen LogP contribution in [-0.4, -0.2) is 16.4 Å². The van der Waals surface area contributed by atoms with Gasteiger partial charge in [0.15, 0.2) is 0 Å². The Morgan fingerprint density at radius 1 is 1.10 bits per heavy atom. The molecule has 3 rings (SSSR count). The molecule has 0 saturated carbocycles. The summed E-state index contributed by atoms with van der Waals surface area (Å²) in [4.78, 5) is 23.6. The summed E-state index contributed by atoms with van der Waals surface area (Å²) >= 11 is 0. The summed E-state index contributed by atoms with van der Waals surface area (Å²) in [6, 6.07) is 20.6. The van der Waals surface area contributed by atoms with Crippen molar-refractivity contribution in [1.29, 1.82) is 5.26 Å². The molecule has 3 aromatic rings. The van der Waals surface area contributed by atoms with E-state index in [9.17, 15) is 14.9 Å². The average molecular weight is 413 g/mol. The third-order valence-electron chi connectivity index (χ3n) is 4.79. The lowest BCUT2D eigenvalue weighted by Gasteiger charge is -2.10. The van der Waals surface area contributed by atoms with Gasteiger partial charge in [0.2, 0.25) is 0 Å². The molecule has 31 heavy (non-hydrogen) atoms. The molecule has 0 saturated heterocycles. The molecule has 0 aliphatic rings. The fourth-order valence-electron chi connectivity index (χ4n) is 3.34. The molecule has 0 bridgehead atoms. The van der Waals surface area contributed by atoms with Gasteiger partial charge in [-0.25, -0.2) is 0 Å². The van der Waals surface area contributed by atoms with Crippen LogP contribution in [0.3, 0.4) is 0 Å². The quantitative estimate of drug-likeness (QED) is 0.283. The Morgan fingerprint density at radius 3 is 2.39 bits per heavy atom. The van der Waals surface area contributed by atoms with Crippen LogP contribution in [0, 0.1) is 25.2 Å². The van der Waals surface area contributed by atoms with E-state index in [-0.39, 0.29) is 11.5 Å². The molecule has 0 unspecified atom stereocenters. The van der Waals surface area contributed by atoms with Gasteiger partial charge in [-0.05, 0) is 61.4 Å². The molecule has 0 fully saturated rings. The number of nitriles is 1. The Kier molecular flexibility index (Phi) is 6.68. The predicted octanol–water partition coefficient (Wildman–Crippen LogP) is 4.24. The molecule has 0 aliphatic carbocycles. The molecule has 1 aromatic heterocycles. The molecule has 1 N–H and O–H groups in total. The van der Waals surface area contributed by atoms with Crippen molar-refractivity contribution < 1.29 is 14.3 Å². The maximum atomic E-state index is 12.5. The molecule has 2 aromatic carbocycles. The van der Waals surface area contributed by atoms with Crippen LogP contribution in [0.5, 0.6) is 5.75 Å².